The van der Waals surface area contributed by atoms with Crippen molar-refractivity contribution < 1.29 is 4.42 Å². The lowest BCUT2D eigenvalue weighted by Gasteiger charge is -2.26. The van der Waals surface area contributed by atoms with Gasteiger partial charge in [0.2, 0.25) is 0 Å². The third-order valence-corrected chi connectivity index (χ3v) is 4.34. The van der Waals surface area contributed by atoms with Gasteiger partial charge in [-0.1, -0.05) is 0 Å². The minimum absolute atomic E-state index is 0.0177. The Balaban J connectivity index is 1.55. The minimum atomic E-state index is 0.0177. The molecule has 0 amide bonds. The quantitative estimate of drug-likeness (QED) is 0.946. The molecule has 5 nitrogen and oxygen atoms in total. The van der Waals surface area contributed by atoms with Crippen LogP contribution >= 0.6 is 11.6 Å². The van der Waals surface area contributed by atoms with Crippen molar-refractivity contribution in [3.8, 4) is 0 Å². The molecule has 0 bridgehead atoms. The molecule has 0 atom stereocenters. The van der Waals surface area contributed by atoms with Gasteiger partial charge >= 0.3 is 0 Å². The highest BCUT2D eigenvalue weighted by atomic mass is 35.5. The number of nitrogens with one attached hydrogen (secondary N) is 1. The van der Waals surface area contributed by atoms with Crippen LogP contribution in [0.15, 0.2) is 21.3 Å². The third-order valence-electron chi connectivity index (χ3n) is 4.14. The summed E-state index contributed by atoms with van der Waals surface area (Å²) in [4.78, 5) is 22.0. The summed E-state index contributed by atoms with van der Waals surface area (Å²) >= 11 is 5.79. The van der Waals surface area contributed by atoms with Crippen LogP contribution in [0.1, 0.15) is 41.6 Å². The topological polar surface area (TPSA) is 62.1 Å². The maximum absolute atomic E-state index is 12.3. The van der Waals surface area contributed by atoms with Crippen LogP contribution in [0.3, 0.4) is 0 Å². The van der Waals surface area contributed by atoms with Gasteiger partial charge in [0.1, 0.15) is 11.6 Å². The van der Waals surface area contributed by atoms with E-state index in [2.05, 4.69) is 14.9 Å². The van der Waals surface area contributed by atoms with E-state index in [0.29, 0.717) is 24.2 Å². The number of fused-ring (bicyclic) bond motifs is 1. The zero-order valence-corrected chi connectivity index (χ0v) is 12.3. The van der Waals surface area contributed by atoms with Crippen LogP contribution in [-0.2, 0) is 19.5 Å². The number of aromatic amines is 1. The molecule has 6 heteroatoms. The zero-order valence-electron chi connectivity index (χ0n) is 11.6. The van der Waals surface area contributed by atoms with E-state index in [4.69, 9.17) is 16.0 Å². The van der Waals surface area contributed by atoms with Gasteiger partial charge in [-0.15, -0.1) is 0 Å². The molecule has 2 aliphatic rings. The predicted octanol–water partition coefficient (Wildman–Crippen LogP) is 2.45. The van der Waals surface area contributed by atoms with E-state index in [1.807, 2.05) is 6.07 Å². The molecule has 0 unspecified atom stereocenters. The largest absolute Gasteiger partial charge is 0.448 e. The van der Waals surface area contributed by atoms with Crippen molar-refractivity contribution in [1.29, 1.82) is 0 Å². The van der Waals surface area contributed by atoms with Gasteiger partial charge in [0.15, 0.2) is 5.22 Å². The number of rotatable bonds is 3. The summed E-state index contributed by atoms with van der Waals surface area (Å²) in [7, 11) is 0. The fraction of sp³-hybridized carbons (Fsp3) is 0.467. The first-order chi connectivity index (χ1) is 10.2. The average Bonchev–Trinajstić information content (AvgIpc) is 3.24. The van der Waals surface area contributed by atoms with E-state index in [1.165, 1.54) is 0 Å². The smallest absolute Gasteiger partial charge is 0.255 e. The first-order valence-corrected chi connectivity index (χ1v) is 7.65. The van der Waals surface area contributed by atoms with Crippen LogP contribution in [0.2, 0.25) is 5.22 Å². The monoisotopic (exact) mass is 305 g/mol. The van der Waals surface area contributed by atoms with Crippen LogP contribution in [0.4, 0.5) is 0 Å². The molecule has 110 valence electrons. The lowest BCUT2D eigenvalue weighted by atomic mass is 10.1. The number of furan rings is 1. The van der Waals surface area contributed by atoms with Crippen molar-refractivity contribution in [2.75, 3.05) is 6.54 Å². The summed E-state index contributed by atoms with van der Waals surface area (Å²) in [5, 5.41) is 0.399. The van der Waals surface area contributed by atoms with Crippen molar-refractivity contribution in [2.24, 2.45) is 0 Å². The minimum Gasteiger partial charge on any atom is -0.448 e. The maximum Gasteiger partial charge on any atom is 0.255 e. The van der Waals surface area contributed by atoms with Gasteiger partial charge in [-0.2, -0.15) is 0 Å². The van der Waals surface area contributed by atoms with Gasteiger partial charge in [-0.05, 0) is 36.6 Å². The molecule has 0 saturated heterocycles. The summed E-state index contributed by atoms with van der Waals surface area (Å²) in [6.45, 7) is 2.16. The normalized spacial score (nSPS) is 18.7. The van der Waals surface area contributed by atoms with Gasteiger partial charge in [-0.25, -0.2) is 4.98 Å². The summed E-state index contributed by atoms with van der Waals surface area (Å²) in [6.07, 6.45) is 3.10. The maximum atomic E-state index is 12.3. The Morgan fingerprint density at radius 1 is 1.43 bits per heavy atom. The molecule has 0 radical (unpaired) electrons. The van der Waals surface area contributed by atoms with Crippen LogP contribution in [0, 0.1) is 0 Å². The van der Waals surface area contributed by atoms with Gasteiger partial charge in [0, 0.05) is 25.4 Å². The summed E-state index contributed by atoms with van der Waals surface area (Å²) in [6, 6.07) is 3.61. The molecule has 4 rings (SSSR count). The summed E-state index contributed by atoms with van der Waals surface area (Å²) in [5.41, 5.74) is 1.78. The lowest BCUT2D eigenvalue weighted by molar-refractivity contribution is 0.222. The molecule has 2 aromatic rings. The van der Waals surface area contributed by atoms with Crippen LogP contribution < -0.4 is 5.56 Å². The number of H-pyrrole nitrogens is 1. The number of aromatic nitrogens is 2. The van der Waals surface area contributed by atoms with E-state index in [0.717, 1.165) is 48.6 Å². The second kappa shape index (κ2) is 5.00. The molecule has 1 aliphatic carbocycles. The van der Waals surface area contributed by atoms with Crippen LogP contribution in [-0.4, -0.2) is 21.4 Å². The number of hydrogen-bond acceptors (Lipinski definition) is 4. The fourth-order valence-corrected chi connectivity index (χ4v) is 3.00. The third kappa shape index (κ3) is 2.63. The Morgan fingerprint density at radius 2 is 2.29 bits per heavy atom. The highest BCUT2D eigenvalue weighted by Crippen LogP contribution is 2.37. The second-order valence-corrected chi connectivity index (χ2v) is 6.19. The Bertz CT molecular complexity index is 733. The highest BCUT2D eigenvalue weighted by molar-refractivity contribution is 6.28. The molecular formula is C15H16ClN3O2. The van der Waals surface area contributed by atoms with Gasteiger partial charge in [0.25, 0.3) is 5.56 Å². The first-order valence-electron chi connectivity index (χ1n) is 7.27. The van der Waals surface area contributed by atoms with Gasteiger partial charge in [-0.3, -0.25) is 9.69 Å². The number of halogens is 1. The Labute approximate surface area is 126 Å². The van der Waals surface area contributed by atoms with Crippen molar-refractivity contribution in [2.45, 2.75) is 38.3 Å². The van der Waals surface area contributed by atoms with E-state index in [-0.39, 0.29) is 5.56 Å². The zero-order chi connectivity index (χ0) is 14.4. The number of hydrogen-bond donors (Lipinski definition) is 1. The Morgan fingerprint density at radius 3 is 3.00 bits per heavy atom. The van der Waals surface area contributed by atoms with Crippen molar-refractivity contribution >= 4 is 11.6 Å². The molecule has 1 aliphatic heterocycles. The number of nitrogens with zero attached hydrogens (tertiary/aromatic N) is 2. The molecule has 0 spiro atoms. The van der Waals surface area contributed by atoms with E-state index in [1.54, 1.807) is 6.07 Å². The highest BCUT2D eigenvalue weighted by Gasteiger charge is 2.29. The lowest BCUT2D eigenvalue weighted by Crippen LogP contribution is -2.35. The fourth-order valence-electron chi connectivity index (χ4n) is 2.84. The van der Waals surface area contributed by atoms with Crippen LogP contribution in [0.25, 0.3) is 0 Å². The molecule has 1 N–H and O–H groups in total. The standard InChI is InChI=1S/C15H16ClN3O2/c16-13-4-3-10(21-13)7-19-6-5-12-11(8-19)15(20)18-14(17-12)9-1-2-9/h3-4,9H,1-2,5-8H2,(H,17,18,20). The Kier molecular flexibility index (Phi) is 3.12. The van der Waals surface area contributed by atoms with Crippen molar-refractivity contribution in [3.63, 3.8) is 0 Å². The second-order valence-electron chi connectivity index (χ2n) is 5.82. The van der Waals surface area contributed by atoms with Crippen molar-refractivity contribution in [1.82, 2.24) is 14.9 Å². The average molecular weight is 306 g/mol. The van der Waals surface area contributed by atoms with Crippen molar-refractivity contribution in [3.05, 3.63) is 50.5 Å². The molecule has 1 saturated carbocycles. The van der Waals surface area contributed by atoms with E-state index in [9.17, 15) is 4.79 Å². The SMILES string of the molecule is O=c1[nH]c(C2CC2)nc2c1CN(Cc1ccc(Cl)o1)CC2. The molecule has 2 aromatic heterocycles. The van der Waals surface area contributed by atoms with E-state index >= 15 is 0 Å². The van der Waals surface area contributed by atoms with Gasteiger partial charge < -0.3 is 9.40 Å². The Hall–Kier alpha value is -1.59. The molecule has 3 heterocycles. The van der Waals surface area contributed by atoms with Gasteiger partial charge in [0.05, 0.1) is 17.8 Å². The molecule has 1 fully saturated rings. The summed E-state index contributed by atoms with van der Waals surface area (Å²) < 4.78 is 5.39. The summed E-state index contributed by atoms with van der Waals surface area (Å²) in [5.74, 6) is 2.18. The molecule has 21 heavy (non-hydrogen) atoms. The molecular weight excluding hydrogens is 290 g/mol. The van der Waals surface area contributed by atoms with E-state index < -0.39 is 0 Å². The molecule has 0 aromatic carbocycles. The first kappa shape index (κ1) is 13.1. The van der Waals surface area contributed by atoms with Crippen LogP contribution in [0.5, 0.6) is 0 Å². The predicted molar refractivity (Wildman–Crippen MR) is 78.4 cm³/mol.